The van der Waals surface area contributed by atoms with Crippen molar-refractivity contribution < 1.29 is 4.79 Å². The first-order chi connectivity index (χ1) is 9.16. The van der Waals surface area contributed by atoms with E-state index in [9.17, 15) is 4.79 Å². The highest BCUT2D eigenvalue weighted by atomic mass is 32.1. The largest absolute Gasteiger partial charge is 0.325 e. The number of nitrogens with zero attached hydrogens (tertiary/aromatic N) is 1. The van der Waals surface area contributed by atoms with Crippen LogP contribution < -0.4 is 10.6 Å². The number of nitrogens with one attached hydrogen (secondary N) is 2. The van der Waals surface area contributed by atoms with Crippen molar-refractivity contribution in [2.24, 2.45) is 0 Å². The molecule has 0 aliphatic rings. The molecule has 2 aromatic rings. The first-order valence-electron chi connectivity index (χ1n) is 6.14. The van der Waals surface area contributed by atoms with Crippen LogP contribution in [0.15, 0.2) is 36.0 Å². The zero-order valence-corrected chi connectivity index (χ0v) is 11.8. The molecule has 0 saturated heterocycles. The number of anilines is 1. The van der Waals surface area contributed by atoms with Gasteiger partial charge in [0.1, 0.15) is 0 Å². The molecule has 1 amide bonds. The smallest absolute Gasteiger partial charge is 0.221 e. The van der Waals surface area contributed by atoms with Gasteiger partial charge >= 0.3 is 0 Å². The summed E-state index contributed by atoms with van der Waals surface area (Å²) in [6.45, 7) is 4.37. The quantitative estimate of drug-likeness (QED) is 0.882. The highest BCUT2D eigenvalue weighted by molar-refractivity contribution is 7.10. The molecular weight excluding hydrogens is 258 g/mol. The van der Waals surface area contributed by atoms with Crippen molar-refractivity contribution >= 4 is 22.9 Å². The van der Waals surface area contributed by atoms with Crippen LogP contribution in [-0.4, -0.2) is 10.9 Å². The highest BCUT2D eigenvalue weighted by Crippen LogP contribution is 2.23. The first-order valence-corrected chi connectivity index (χ1v) is 7.02. The Morgan fingerprint density at radius 1 is 1.37 bits per heavy atom. The van der Waals surface area contributed by atoms with Gasteiger partial charge in [0.05, 0.1) is 5.69 Å². The van der Waals surface area contributed by atoms with Gasteiger partial charge in [-0.15, -0.1) is 11.3 Å². The van der Waals surface area contributed by atoms with Gasteiger partial charge in [0, 0.05) is 36.8 Å². The lowest BCUT2D eigenvalue weighted by molar-refractivity contribution is -0.114. The molecule has 4 nitrogen and oxygen atoms in total. The van der Waals surface area contributed by atoms with E-state index < -0.39 is 0 Å². The predicted octanol–water partition coefficient (Wildman–Crippen LogP) is 2.95. The lowest BCUT2D eigenvalue weighted by Gasteiger charge is -2.14. The molecule has 0 spiro atoms. The van der Waals surface area contributed by atoms with Crippen molar-refractivity contribution in [1.29, 1.82) is 0 Å². The van der Waals surface area contributed by atoms with Crippen LogP contribution in [0.25, 0.3) is 0 Å². The summed E-state index contributed by atoms with van der Waals surface area (Å²) in [6.07, 6.45) is 3.59. The maximum Gasteiger partial charge on any atom is 0.221 e. The summed E-state index contributed by atoms with van der Waals surface area (Å²) >= 11 is 1.64. The Bertz CT molecular complexity index is 539. The average Bonchev–Trinajstić information content (AvgIpc) is 2.83. The van der Waals surface area contributed by atoms with Crippen molar-refractivity contribution in [2.75, 3.05) is 5.32 Å². The van der Waals surface area contributed by atoms with E-state index in [2.05, 4.69) is 22.5 Å². The summed E-state index contributed by atoms with van der Waals surface area (Å²) < 4.78 is 0. The Hall–Kier alpha value is -1.72. The predicted molar refractivity (Wildman–Crippen MR) is 78.1 cm³/mol. The topological polar surface area (TPSA) is 54.0 Å². The molecule has 19 heavy (non-hydrogen) atoms. The Labute approximate surface area is 116 Å². The SMILES string of the molecule is CC(=O)Nc1ccsc1CN[C@H](C)c1ccncc1. The molecule has 2 heterocycles. The van der Waals surface area contributed by atoms with Gasteiger partial charge in [0.25, 0.3) is 0 Å². The van der Waals surface area contributed by atoms with E-state index in [0.717, 1.165) is 17.1 Å². The summed E-state index contributed by atoms with van der Waals surface area (Å²) in [6, 6.07) is 6.18. The van der Waals surface area contributed by atoms with Crippen LogP contribution in [0.1, 0.15) is 30.3 Å². The average molecular weight is 275 g/mol. The lowest BCUT2D eigenvalue weighted by Crippen LogP contribution is -2.18. The molecule has 2 rings (SSSR count). The number of carbonyl (C=O) groups is 1. The van der Waals surface area contributed by atoms with Gasteiger partial charge in [-0.1, -0.05) is 0 Å². The Balaban J connectivity index is 1.95. The summed E-state index contributed by atoms with van der Waals surface area (Å²) in [4.78, 5) is 16.2. The molecule has 0 unspecified atom stereocenters. The number of thiophene rings is 1. The monoisotopic (exact) mass is 275 g/mol. The van der Waals surface area contributed by atoms with Crippen LogP contribution in [0, 0.1) is 0 Å². The Morgan fingerprint density at radius 2 is 2.11 bits per heavy atom. The summed E-state index contributed by atoms with van der Waals surface area (Å²) in [5.74, 6) is -0.0400. The standard InChI is InChI=1S/C14H17N3OS/c1-10(12-3-6-15-7-4-12)16-9-14-13(5-8-19-14)17-11(2)18/h3-8,10,16H,9H2,1-2H3,(H,17,18)/t10-/m1/s1. The number of aromatic nitrogens is 1. The molecule has 0 radical (unpaired) electrons. The minimum Gasteiger partial charge on any atom is -0.325 e. The molecule has 0 fully saturated rings. The van der Waals surface area contributed by atoms with E-state index in [1.807, 2.05) is 23.6 Å². The third kappa shape index (κ3) is 3.87. The molecule has 2 aromatic heterocycles. The van der Waals surface area contributed by atoms with Crippen molar-refractivity contribution in [3.63, 3.8) is 0 Å². The van der Waals surface area contributed by atoms with Crippen LogP contribution in [-0.2, 0) is 11.3 Å². The fourth-order valence-electron chi connectivity index (χ4n) is 1.79. The number of hydrogen-bond acceptors (Lipinski definition) is 4. The summed E-state index contributed by atoms with van der Waals surface area (Å²) in [7, 11) is 0. The van der Waals surface area contributed by atoms with E-state index in [1.54, 1.807) is 23.7 Å². The minimum absolute atomic E-state index is 0.0400. The molecular formula is C14H17N3OS. The third-order valence-corrected chi connectivity index (χ3v) is 3.75. The number of pyridine rings is 1. The molecule has 0 aliphatic heterocycles. The molecule has 0 saturated carbocycles. The van der Waals surface area contributed by atoms with E-state index >= 15 is 0 Å². The zero-order chi connectivity index (χ0) is 13.7. The lowest BCUT2D eigenvalue weighted by atomic mass is 10.1. The minimum atomic E-state index is -0.0400. The molecule has 100 valence electrons. The molecule has 1 atom stereocenters. The molecule has 0 aromatic carbocycles. The van der Waals surface area contributed by atoms with Crippen LogP contribution in [0.3, 0.4) is 0 Å². The Kier molecular flexibility index (Phi) is 4.65. The fourth-order valence-corrected chi connectivity index (χ4v) is 2.58. The maximum atomic E-state index is 11.1. The van der Waals surface area contributed by atoms with E-state index in [4.69, 9.17) is 0 Å². The van der Waals surface area contributed by atoms with E-state index in [0.29, 0.717) is 0 Å². The first kappa shape index (κ1) is 13.7. The van der Waals surface area contributed by atoms with Crippen LogP contribution in [0.4, 0.5) is 5.69 Å². The second-order valence-corrected chi connectivity index (χ2v) is 5.32. The fraction of sp³-hybridized carbons (Fsp3) is 0.286. The van der Waals surface area contributed by atoms with Gasteiger partial charge in [-0.3, -0.25) is 9.78 Å². The van der Waals surface area contributed by atoms with Crippen LogP contribution in [0.5, 0.6) is 0 Å². The second kappa shape index (κ2) is 6.45. The normalized spacial score (nSPS) is 12.1. The highest BCUT2D eigenvalue weighted by Gasteiger charge is 2.08. The summed E-state index contributed by atoms with van der Waals surface area (Å²) in [5, 5.41) is 8.27. The zero-order valence-electron chi connectivity index (χ0n) is 11.0. The second-order valence-electron chi connectivity index (χ2n) is 4.32. The van der Waals surface area contributed by atoms with Crippen molar-refractivity contribution in [2.45, 2.75) is 26.4 Å². The molecule has 0 bridgehead atoms. The Morgan fingerprint density at radius 3 is 2.79 bits per heavy atom. The van der Waals surface area contributed by atoms with Gasteiger partial charge in [0.2, 0.25) is 5.91 Å². The van der Waals surface area contributed by atoms with Gasteiger partial charge in [-0.25, -0.2) is 0 Å². The van der Waals surface area contributed by atoms with Gasteiger partial charge in [-0.2, -0.15) is 0 Å². The van der Waals surface area contributed by atoms with Crippen molar-refractivity contribution in [3.05, 3.63) is 46.4 Å². The summed E-state index contributed by atoms with van der Waals surface area (Å²) in [5.41, 5.74) is 2.10. The maximum absolute atomic E-state index is 11.1. The number of hydrogen-bond donors (Lipinski definition) is 2. The van der Waals surface area contributed by atoms with Crippen molar-refractivity contribution in [1.82, 2.24) is 10.3 Å². The third-order valence-electron chi connectivity index (χ3n) is 2.83. The van der Waals surface area contributed by atoms with Crippen LogP contribution in [0.2, 0.25) is 0 Å². The molecule has 0 aliphatic carbocycles. The van der Waals surface area contributed by atoms with Gasteiger partial charge in [0.15, 0.2) is 0 Å². The number of rotatable bonds is 5. The molecule has 5 heteroatoms. The number of amides is 1. The van der Waals surface area contributed by atoms with Gasteiger partial charge in [-0.05, 0) is 36.1 Å². The van der Waals surface area contributed by atoms with Crippen LogP contribution >= 0.6 is 11.3 Å². The van der Waals surface area contributed by atoms with Crippen molar-refractivity contribution in [3.8, 4) is 0 Å². The number of carbonyl (C=O) groups excluding carboxylic acids is 1. The molecule has 2 N–H and O–H groups in total. The van der Waals surface area contributed by atoms with E-state index in [-0.39, 0.29) is 11.9 Å². The van der Waals surface area contributed by atoms with Gasteiger partial charge < -0.3 is 10.6 Å². The van der Waals surface area contributed by atoms with E-state index in [1.165, 1.54) is 12.5 Å².